The van der Waals surface area contributed by atoms with E-state index in [4.69, 9.17) is 4.74 Å². The van der Waals surface area contributed by atoms with Gasteiger partial charge in [-0.3, -0.25) is 4.90 Å². The molecule has 0 spiro atoms. The molecular formula is C13H30N2O. The molecule has 0 fully saturated rings. The Balaban J connectivity index is 4.21. The molecule has 3 nitrogen and oxygen atoms in total. The molecule has 98 valence electrons. The first-order valence-electron chi connectivity index (χ1n) is 6.50. The lowest BCUT2D eigenvalue weighted by molar-refractivity contribution is 0.0920. The summed E-state index contributed by atoms with van der Waals surface area (Å²) in [6.45, 7) is 14.1. The van der Waals surface area contributed by atoms with Gasteiger partial charge < -0.3 is 10.1 Å². The van der Waals surface area contributed by atoms with E-state index in [1.165, 1.54) is 6.42 Å². The van der Waals surface area contributed by atoms with Crippen LogP contribution in [0.1, 0.15) is 41.0 Å². The van der Waals surface area contributed by atoms with Crippen LogP contribution in [0.25, 0.3) is 0 Å². The Bertz CT molecular complexity index is 160. The predicted octanol–water partition coefficient (Wildman–Crippen LogP) is 2.12. The van der Waals surface area contributed by atoms with E-state index in [0.29, 0.717) is 18.1 Å². The first-order chi connectivity index (χ1) is 7.52. The zero-order chi connectivity index (χ0) is 12.6. The first kappa shape index (κ1) is 15.9. The molecular weight excluding hydrogens is 200 g/mol. The van der Waals surface area contributed by atoms with Crippen molar-refractivity contribution >= 4 is 0 Å². The number of rotatable bonds is 9. The normalized spacial score (nSPS) is 14.1. The molecule has 0 aromatic carbocycles. The molecule has 0 bridgehead atoms. The van der Waals surface area contributed by atoms with Crippen molar-refractivity contribution in [1.29, 1.82) is 0 Å². The number of hydrogen-bond donors (Lipinski definition) is 1. The van der Waals surface area contributed by atoms with Gasteiger partial charge in [-0.25, -0.2) is 0 Å². The SMILES string of the molecule is CCC(CNC(C)C)N(CCOC)C(C)C. The first-order valence-corrected chi connectivity index (χ1v) is 6.50. The monoisotopic (exact) mass is 230 g/mol. The summed E-state index contributed by atoms with van der Waals surface area (Å²) in [5, 5.41) is 3.53. The zero-order valence-electron chi connectivity index (χ0n) is 11.9. The maximum Gasteiger partial charge on any atom is 0.0589 e. The summed E-state index contributed by atoms with van der Waals surface area (Å²) < 4.78 is 5.18. The Morgan fingerprint density at radius 1 is 1.19 bits per heavy atom. The third-order valence-corrected chi connectivity index (χ3v) is 2.92. The topological polar surface area (TPSA) is 24.5 Å². The van der Waals surface area contributed by atoms with Gasteiger partial charge in [0.1, 0.15) is 0 Å². The standard InChI is InChI=1S/C13H30N2O/c1-7-13(10-14-11(2)3)15(12(4)5)8-9-16-6/h11-14H,7-10H2,1-6H3. The van der Waals surface area contributed by atoms with E-state index in [-0.39, 0.29) is 0 Å². The largest absolute Gasteiger partial charge is 0.383 e. The van der Waals surface area contributed by atoms with E-state index >= 15 is 0 Å². The summed E-state index contributed by atoms with van der Waals surface area (Å²) in [5.41, 5.74) is 0. The fourth-order valence-corrected chi connectivity index (χ4v) is 1.93. The van der Waals surface area contributed by atoms with Crippen molar-refractivity contribution < 1.29 is 4.74 Å². The Hall–Kier alpha value is -0.120. The Morgan fingerprint density at radius 2 is 1.81 bits per heavy atom. The molecule has 0 amide bonds. The fourth-order valence-electron chi connectivity index (χ4n) is 1.93. The molecule has 0 radical (unpaired) electrons. The maximum atomic E-state index is 5.18. The lowest BCUT2D eigenvalue weighted by Crippen LogP contribution is -2.48. The van der Waals surface area contributed by atoms with Crippen LogP contribution in [-0.2, 0) is 4.74 Å². The number of nitrogens with zero attached hydrogens (tertiary/aromatic N) is 1. The van der Waals surface area contributed by atoms with E-state index in [1.54, 1.807) is 7.11 Å². The van der Waals surface area contributed by atoms with Crippen LogP contribution in [0.15, 0.2) is 0 Å². The van der Waals surface area contributed by atoms with Crippen LogP contribution in [0.3, 0.4) is 0 Å². The van der Waals surface area contributed by atoms with E-state index in [9.17, 15) is 0 Å². The van der Waals surface area contributed by atoms with Crippen LogP contribution < -0.4 is 5.32 Å². The van der Waals surface area contributed by atoms with Crippen LogP contribution in [0.5, 0.6) is 0 Å². The van der Waals surface area contributed by atoms with Gasteiger partial charge in [0.05, 0.1) is 6.61 Å². The van der Waals surface area contributed by atoms with Gasteiger partial charge in [-0.05, 0) is 20.3 Å². The van der Waals surface area contributed by atoms with Gasteiger partial charge in [0, 0.05) is 38.3 Å². The molecule has 16 heavy (non-hydrogen) atoms. The number of nitrogens with one attached hydrogen (secondary N) is 1. The van der Waals surface area contributed by atoms with Crippen molar-refractivity contribution in [2.45, 2.75) is 59.2 Å². The van der Waals surface area contributed by atoms with Crippen LogP contribution in [-0.4, -0.2) is 49.8 Å². The summed E-state index contributed by atoms with van der Waals surface area (Å²) in [7, 11) is 1.77. The average Bonchev–Trinajstić information content (AvgIpc) is 2.22. The van der Waals surface area contributed by atoms with Gasteiger partial charge in [-0.15, -0.1) is 0 Å². The minimum absolute atomic E-state index is 0.561. The second kappa shape index (κ2) is 8.97. The summed E-state index contributed by atoms with van der Waals surface area (Å²) in [6, 6.07) is 1.75. The van der Waals surface area contributed by atoms with E-state index in [2.05, 4.69) is 44.8 Å². The van der Waals surface area contributed by atoms with Crippen molar-refractivity contribution in [3.63, 3.8) is 0 Å². The summed E-state index contributed by atoms with van der Waals surface area (Å²) in [6.07, 6.45) is 1.18. The van der Waals surface area contributed by atoms with Crippen molar-refractivity contribution in [2.75, 3.05) is 26.8 Å². The zero-order valence-corrected chi connectivity index (χ0v) is 11.9. The Morgan fingerprint density at radius 3 is 2.19 bits per heavy atom. The number of ether oxygens (including phenoxy) is 1. The molecule has 1 N–H and O–H groups in total. The third kappa shape index (κ3) is 6.46. The average molecular weight is 230 g/mol. The Kier molecular flexibility index (Phi) is 8.90. The highest BCUT2D eigenvalue weighted by molar-refractivity contribution is 4.76. The second-order valence-electron chi connectivity index (χ2n) is 4.95. The molecule has 0 aliphatic carbocycles. The second-order valence-corrected chi connectivity index (χ2v) is 4.95. The molecule has 0 aromatic rings. The quantitative estimate of drug-likeness (QED) is 0.656. The van der Waals surface area contributed by atoms with Gasteiger partial charge in [0.15, 0.2) is 0 Å². The van der Waals surface area contributed by atoms with Crippen LogP contribution in [0.4, 0.5) is 0 Å². The van der Waals surface area contributed by atoms with E-state index in [0.717, 1.165) is 19.7 Å². The van der Waals surface area contributed by atoms with Gasteiger partial charge in [-0.2, -0.15) is 0 Å². The van der Waals surface area contributed by atoms with Crippen molar-refractivity contribution in [2.24, 2.45) is 0 Å². The highest BCUT2D eigenvalue weighted by Crippen LogP contribution is 2.08. The van der Waals surface area contributed by atoms with Crippen molar-refractivity contribution in [1.82, 2.24) is 10.2 Å². The van der Waals surface area contributed by atoms with Crippen molar-refractivity contribution in [3.05, 3.63) is 0 Å². The molecule has 0 heterocycles. The molecule has 0 saturated heterocycles. The molecule has 0 rings (SSSR count). The molecule has 3 heteroatoms. The summed E-state index contributed by atoms with van der Waals surface area (Å²) in [4.78, 5) is 2.53. The highest BCUT2D eigenvalue weighted by atomic mass is 16.5. The third-order valence-electron chi connectivity index (χ3n) is 2.92. The van der Waals surface area contributed by atoms with E-state index in [1.807, 2.05) is 0 Å². The van der Waals surface area contributed by atoms with E-state index < -0.39 is 0 Å². The molecule has 0 saturated carbocycles. The van der Waals surface area contributed by atoms with Gasteiger partial charge in [-0.1, -0.05) is 20.8 Å². The smallest absolute Gasteiger partial charge is 0.0589 e. The molecule has 1 atom stereocenters. The number of methoxy groups -OCH3 is 1. The van der Waals surface area contributed by atoms with Gasteiger partial charge in [0.2, 0.25) is 0 Å². The highest BCUT2D eigenvalue weighted by Gasteiger charge is 2.19. The lowest BCUT2D eigenvalue weighted by Gasteiger charge is -2.35. The minimum Gasteiger partial charge on any atom is -0.383 e. The van der Waals surface area contributed by atoms with Crippen LogP contribution >= 0.6 is 0 Å². The Labute approximate surface area is 102 Å². The fraction of sp³-hybridized carbons (Fsp3) is 1.00. The van der Waals surface area contributed by atoms with Gasteiger partial charge in [0.25, 0.3) is 0 Å². The summed E-state index contributed by atoms with van der Waals surface area (Å²) >= 11 is 0. The number of hydrogen-bond acceptors (Lipinski definition) is 3. The molecule has 1 unspecified atom stereocenters. The van der Waals surface area contributed by atoms with Crippen LogP contribution in [0.2, 0.25) is 0 Å². The predicted molar refractivity (Wildman–Crippen MR) is 70.9 cm³/mol. The van der Waals surface area contributed by atoms with Crippen LogP contribution in [0, 0.1) is 0 Å². The summed E-state index contributed by atoms with van der Waals surface area (Å²) in [5.74, 6) is 0. The van der Waals surface area contributed by atoms with Gasteiger partial charge >= 0.3 is 0 Å². The van der Waals surface area contributed by atoms with Crippen molar-refractivity contribution in [3.8, 4) is 0 Å². The lowest BCUT2D eigenvalue weighted by atomic mass is 10.1. The maximum absolute atomic E-state index is 5.18. The molecule has 0 aromatic heterocycles. The molecule has 0 aliphatic heterocycles. The molecule has 0 aliphatic rings. The minimum atomic E-state index is 0.561.